The summed E-state index contributed by atoms with van der Waals surface area (Å²) in [4.78, 5) is 14.4. The molecule has 1 aliphatic heterocycles. The molecule has 0 spiro atoms. The van der Waals surface area contributed by atoms with E-state index in [2.05, 4.69) is 16.3 Å². The van der Waals surface area contributed by atoms with E-state index in [1.165, 1.54) is 18.5 Å². The number of nitrogens with zero attached hydrogens (tertiary/aromatic N) is 1. The zero-order valence-electron chi connectivity index (χ0n) is 11.6. The van der Waals surface area contributed by atoms with E-state index in [0.29, 0.717) is 5.88 Å². The molecule has 0 aromatic heterocycles. The first-order valence-corrected chi connectivity index (χ1v) is 7.29. The Bertz CT molecular complexity index is 453. The largest absolute Gasteiger partial charge is 0.371 e. The van der Waals surface area contributed by atoms with Gasteiger partial charge in [-0.3, -0.25) is 4.79 Å². The van der Waals surface area contributed by atoms with Gasteiger partial charge in [-0.1, -0.05) is 6.07 Å². The Hall–Kier alpha value is -1.22. The summed E-state index contributed by atoms with van der Waals surface area (Å²) < 4.78 is 0. The zero-order valence-corrected chi connectivity index (χ0v) is 12.3. The van der Waals surface area contributed by atoms with Crippen LogP contribution in [0.3, 0.4) is 0 Å². The van der Waals surface area contributed by atoms with E-state index in [9.17, 15) is 4.79 Å². The Kier molecular flexibility index (Phi) is 4.35. The van der Waals surface area contributed by atoms with Crippen LogP contribution in [0, 0.1) is 5.41 Å². The van der Waals surface area contributed by atoms with Gasteiger partial charge in [0.1, 0.15) is 0 Å². The molecule has 1 aliphatic rings. The lowest BCUT2D eigenvalue weighted by molar-refractivity contribution is -0.122. The lowest BCUT2D eigenvalue weighted by atomic mass is 9.95. The quantitative estimate of drug-likeness (QED) is 0.856. The molecule has 1 aromatic rings. The van der Waals surface area contributed by atoms with E-state index >= 15 is 0 Å². The lowest BCUT2D eigenvalue weighted by Crippen LogP contribution is -2.32. The van der Waals surface area contributed by atoms with Crippen molar-refractivity contribution in [2.45, 2.75) is 26.7 Å². The molecule has 4 heteroatoms. The van der Waals surface area contributed by atoms with Crippen molar-refractivity contribution in [2.75, 3.05) is 29.2 Å². The van der Waals surface area contributed by atoms with Crippen molar-refractivity contribution in [3.05, 3.63) is 24.3 Å². The fourth-order valence-electron chi connectivity index (χ4n) is 2.12. The highest BCUT2D eigenvalue weighted by Crippen LogP contribution is 2.25. The molecule has 1 saturated heterocycles. The average molecular weight is 281 g/mol. The maximum absolute atomic E-state index is 12.1. The number of amides is 1. The molecule has 1 aromatic carbocycles. The Morgan fingerprint density at radius 2 is 2.05 bits per heavy atom. The third kappa shape index (κ3) is 3.41. The number of carbonyl (C=O) groups is 1. The molecule has 0 radical (unpaired) electrons. The Balaban J connectivity index is 2.09. The van der Waals surface area contributed by atoms with Gasteiger partial charge in [0.15, 0.2) is 0 Å². The van der Waals surface area contributed by atoms with E-state index in [1.54, 1.807) is 0 Å². The van der Waals surface area contributed by atoms with E-state index in [-0.39, 0.29) is 5.91 Å². The minimum atomic E-state index is -0.550. The molecule has 3 nitrogen and oxygen atoms in total. The van der Waals surface area contributed by atoms with E-state index in [1.807, 2.05) is 32.0 Å². The highest BCUT2D eigenvalue weighted by Gasteiger charge is 2.26. The van der Waals surface area contributed by atoms with Crippen LogP contribution >= 0.6 is 11.6 Å². The Morgan fingerprint density at radius 1 is 1.37 bits per heavy atom. The van der Waals surface area contributed by atoms with Crippen molar-refractivity contribution in [1.82, 2.24) is 0 Å². The standard InChI is InChI=1S/C15H21ClN2O/c1-15(2,11-16)14(19)17-12-6-5-7-13(10-12)18-8-3-4-9-18/h5-7,10H,3-4,8-9,11H2,1-2H3,(H,17,19). The highest BCUT2D eigenvalue weighted by molar-refractivity contribution is 6.20. The highest BCUT2D eigenvalue weighted by atomic mass is 35.5. The maximum Gasteiger partial charge on any atom is 0.231 e. The van der Waals surface area contributed by atoms with Crippen LogP contribution in [0.15, 0.2) is 24.3 Å². The van der Waals surface area contributed by atoms with Gasteiger partial charge in [-0.05, 0) is 44.9 Å². The molecule has 2 rings (SSSR count). The topological polar surface area (TPSA) is 32.3 Å². The van der Waals surface area contributed by atoms with Gasteiger partial charge in [-0.2, -0.15) is 0 Å². The molecule has 1 amide bonds. The molecule has 1 heterocycles. The number of halogens is 1. The smallest absolute Gasteiger partial charge is 0.231 e. The third-order valence-electron chi connectivity index (χ3n) is 3.52. The van der Waals surface area contributed by atoms with Crippen molar-refractivity contribution >= 4 is 28.9 Å². The Morgan fingerprint density at radius 3 is 2.68 bits per heavy atom. The van der Waals surface area contributed by atoms with Crippen LogP contribution in [0.2, 0.25) is 0 Å². The second-order valence-corrected chi connectivity index (χ2v) is 5.98. The zero-order chi connectivity index (χ0) is 13.9. The van der Waals surface area contributed by atoms with Crippen molar-refractivity contribution in [2.24, 2.45) is 5.41 Å². The van der Waals surface area contributed by atoms with Crippen LogP contribution in [-0.2, 0) is 4.79 Å². The molecule has 0 atom stereocenters. The van der Waals surface area contributed by atoms with Gasteiger partial charge in [0.2, 0.25) is 5.91 Å². The second kappa shape index (κ2) is 5.83. The maximum atomic E-state index is 12.1. The molecule has 1 N–H and O–H groups in total. The second-order valence-electron chi connectivity index (χ2n) is 5.72. The summed E-state index contributed by atoms with van der Waals surface area (Å²) in [5.41, 5.74) is 1.47. The molecule has 104 valence electrons. The van der Waals surface area contributed by atoms with Gasteiger partial charge < -0.3 is 10.2 Å². The molecule has 0 unspecified atom stereocenters. The van der Waals surface area contributed by atoms with Gasteiger partial charge in [-0.15, -0.1) is 11.6 Å². The summed E-state index contributed by atoms with van der Waals surface area (Å²) >= 11 is 5.82. The molecule has 0 bridgehead atoms. The number of hydrogen-bond donors (Lipinski definition) is 1. The normalized spacial score (nSPS) is 15.6. The summed E-state index contributed by atoms with van der Waals surface area (Å²) in [5, 5.41) is 2.95. The van der Waals surface area contributed by atoms with Crippen molar-refractivity contribution < 1.29 is 4.79 Å². The number of nitrogens with one attached hydrogen (secondary N) is 1. The first-order valence-electron chi connectivity index (χ1n) is 6.75. The van der Waals surface area contributed by atoms with Crippen molar-refractivity contribution in [3.63, 3.8) is 0 Å². The van der Waals surface area contributed by atoms with E-state index in [0.717, 1.165) is 18.8 Å². The number of carbonyl (C=O) groups excluding carboxylic acids is 1. The number of alkyl halides is 1. The fraction of sp³-hybridized carbons (Fsp3) is 0.533. The molecule has 1 fully saturated rings. The lowest BCUT2D eigenvalue weighted by Gasteiger charge is -2.22. The Labute approximate surface area is 119 Å². The summed E-state index contributed by atoms with van der Waals surface area (Å²) in [7, 11) is 0. The molecule has 19 heavy (non-hydrogen) atoms. The summed E-state index contributed by atoms with van der Waals surface area (Å²) in [6.07, 6.45) is 2.49. The van der Waals surface area contributed by atoms with Crippen LogP contribution in [-0.4, -0.2) is 24.9 Å². The van der Waals surface area contributed by atoms with Crippen LogP contribution in [0.4, 0.5) is 11.4 Å². The van der Waals surface area contributed by atoms with Crippen LogP contribution in [0.5, 0.6) is 0 Å². The van der Waals surface area contributed by atoms with Gasteiger partial charge >= 0.3 is 0 Å². The van der Waals surface area contributed by atoms with Crippen molar-refractivity contribution in [1.29, 1.82) is 0 Å². The van der Waals surface area contributed by atoms with E-state index < -0.39 is 5.41 Å². The predicted molar refractivity (Wildman–Crippen MR) is 81.0 cm³/mol. The SMILES string of the molecule is CC(C)(CCl)C(=O)Nc1cccc(N2CCCC2)c1. The molecule has 0 aliphatic carbocycles. The molecule has 0 saturated carbocycles. The van der Waals surface area contributed by atoms with Crippen LogP contribution in [0.1, 0.15) is 26.7 Å². The number of hydrogen-bond acceptors (Lipinski definition) is 2. The predicted octanol–water partition coefficient (Wildman–Crippen LogP) is 3.49. The van der Waals surface area contributed by atoms with Crippen LogP contribution < -0.4 is 10.2 Å². The monoisotopic (exact) mass is 280 g/mol. The number of anilines is 2. The van der Waals surface area contributed by atoms with E-state index in [4.69, 9.17) is 11.6 Å². The molecular weight excluding hydrogens is 260 g/mol. The van der Waals surface area contributed by atoms with Gasteiger partial charge in [0.05, 0.1) is 5.41 Å². The summed E-state index contributed by atoms with van der Waals surface area (Å²) in [6, 6.07) is 8.03. The van der Waals surface area contributed by atoms with Crippen LogP contribution in [0.25, 0.3) is 0 Å². The molecular formula is C15H21ClN2O. The first kappa shape index (κ1) is 14.2. The number of benzene rings is 1. The van der Waals surface area contributed by atoms with Gasteiger partial charge in [0, 0.05) is 30.3 Å². The summed E-state index contributed by atoms with van der Waals surface area (Å²) in [5.74, 6) is 0.269. The summed E-state index contributed by atoms with van der Waals surface area (Å²) in [6.45, 7) is 5.90. The minimum absolute atomic E-state index is 0.0407. The van der Waals surface area contributed by atoms with Crippen molar-refractivity contribution in [3.8, 4) is 0 Å². The van der Waals surface area contributed by atoms with Gasteiger partial charge in [-0.25, -0.2) is 0 Å². The average Bonchev–Trinajstić information content (AvgIpc) is 2.93. The first-order chi connectivity index (χ1) is 9.03. The number of rotatable bonds is 4. The third-order valence-corrected chi connectivity index (χ3v) is 4.19. The fourth-order valence-corrected chi connectivity index (χ4v) is 2.24. The minimum Gasteiger partial charge on any atom is -0.371 e. The van der Waals surface area contributed by atoms with Gasteiger partial charge in [0.25, 0.3) is 0 Å².